The van der Waals surface area contributed by atoms with Crippen molar-refractivity contribution >= 4 is 34.6 Å². The van der Waals surface area contributed by atoms with Gasteiger partial charge in [-0.3, -0.25) is 4.98 Å². The minimum absolute atomic E-state index is 0.219. The molecule has 2 aromatic heterocycles. The lowest BCUT2D eigenvalue weighted by Crippen LogP contribution is -2.29. The second-order valence-corrected chi connectivity index (χ2v) is 8.77. The maximum absolute atomic E-state index is 6.46. The van der Waals surface area contributed by atoms with Gasteiger partial charge in [0.15, 0.2) is 5.11 Å². The van der Waals surface area contributed by atoms with Crippen LogP contribution in [0.5, 0.6) is 11.5 Å². The summed E-state index contributed by atoms with van der Waals surface area (Å²) in [5, 5.41) is 4.49. The highest BCUT2D eigenvalue weighted by molar-refractivity contribution is 7.80. The predicted molar refractivity (Wildman–Crippen MR) is 141 cm³/mol. The number of ether oxygens (including phenoxy) is 2. The van der Waals surface area contributed by atoms with Crippen molar-refractivity contribution in [2.45, 2.75) is 19.0 Å². The number of hydrogen-bond acceptors (Lipinski definition) is 5. The Labute approximate surface area is 214 Å². The maximum atomic E-state index is 6.46. The molecule has 0 aliphatic carbocycles. The zero-order valence-electron chi connectivity index (χ0n) is 19.3. The van der Waals surface area contributed by atoms with Crippen molar-refractivity contribution in [2.75, 3.05) is 18.6 Å². The lowest BCUT2D eigenvalue weighted by atomic mass is 10.0. The fourth-order valence-corrected chi connectivity index (χ4v) is 4.87. The number of rotatable bonds is 7. The fourth-order valence-electron chi connectivity index (χ4n) is 4.28. The van der Waals surface area contributed by atoms with Crippen LogP contribution in [0.3, 0.4) is 0 Å². The molecule has 178 valence electrons. The van der Waals surface area contributed by atoms with Crippen LogP contribution in [0, 0.1) is 0 Å². The molecule has 8 heteroatoms. The molecule has 2 atom stereocenters. The van der Waals surface area contributed by atoms with Gasteiger partial charge in [0.2, 0.25) is 0 Å². The van der Waals surface area contributed by atoms with E-state index in [2.05, 4.69) is 10.3 Å². The van der Waals surface area contributed by atoms with Crippen LogP contribution in [0.2, 0.25) is 5.02 Å². The predicted octanol–water partition coefficient (Wildman–Crippen LogP) is 6.58. The molecule has 2 unspecified atom stereocenters. The molecule has 0 saturated carbocycles. The molecule has 0 amide bonds. The molecular weight excluding hydrogens is 482 g/mol. The first-order valence-electron chi connectivity index (χ1n) is 11.3. The molecule has 1 N–H and O–H groups in total. The second-order valence-electron chi connectivity index (χ2n) is 7.97. The molecule has 3 heterocycles. The van der Waals surface area contributed by atoms with Crippen LogP contribution in [0.15, 0.2) is 83.4 Å². The van der Waals surface area contributed by atoms with E-state index in [1.165, 1.54) is 0 Å². The van der Waals surface area contributed by atoms with Crippen LogP contribution in [0.1, 0.15) is 30.5 Å². The average Bonchev–Trinajstić information content (AvgIpc) is 3.50. The zero-order chi connectivity index (χ0) is 24.4. The minimum Gasteiger partial charge on any atom is -0.495 e. The quantitative estimate of drug-likeness (QED) is 0.285. The molecule has 0 spiro atoms. The van der Waals surface area contributed by atoms with Gasteiger partial charge in [0, 0.05) is 17.4 Å². The molecular formula is C27H24ClN3O3S. The molecule has 1 saturated heterocycles. The SMILES string of the molecule is CCOc1ccc(-c2ccc(C3C(c4ccccn4)NC(=S)N3c3ccc(OC)c(Cl)c3)o2)cc1. The number of furan rings is 1. The van der Waals surface area contributed by atoms with Crippen molar-refractivity contribution in [2.24, 2.45) is 0 Å². The van der Waals surface area contributed by atoms with Gasteiger partial charge in [-0.15, -0.1) is 0 Å². The lowest BCUT2D eigenvalue weighted by molar-refractivity contribution is 0.340. The van der Waals surface area contributed by atoms with Gasteiger partial charge < -0.3 is 24.1 Å². The summed E-state index contributed by atoms with van der Waals surface area (Å²) in [5.41, 5.74) is 2.65. The molecule has 35 heavy (non-hydrogen) atoms. The number of thiocarbonyl (C=S) groups is 1. The third kappa shape index (κ3) is 4.57. The Morgan fingerprint density at radius 1 is 1.09 bits per heavy atom. The van der Waals surface area contributed by atoms with E-state index in [4.69, 9.17) is 37.7 Å². The Balaban J connectivity index is 1.55. The van der Waals surface area contributed by atoms with E-state index >= 15 is 0 Å². The van der Waals surface area contributed by atoms with Gasteiger partial charge in [0.25, 0.3) is 0 Å². The Bertz CT molecular complexity index is 1330. The third-order valence-corrected chi connectivity index (χ3v) is 6.49. The minimum atomic E-state index is -0.279. The number of aromatic nitrogens is 1. The van der Waals surface area contributed by atoms with Crippen LogP contribution in [0.25, 0.3) is 11.3 Å². The highest BCUT2D eigenvalue weighted by Crippen LogP contribution is 2.44. The summed E-state index contributed by atoms with van der Waals surface area (Å²) in [7, 11) is 1.59. The van der Waals surface area contributed by atoms with E-state index in [-0.39, 0.29) is 12.1 Å². The van der Waals surface area contributed by atoms with Crippen molar-refractivity contribution in [1.82, 2.24) is 10.3 Å². The van der Waals surface area contributed by atoms with Crippen LogP contribution in [0.4, 0.5) is 5.69 Å². The first-order chi connectivity index (χ1) is 17.1. The summed E-state index contributed by atoms with van der Waals surface area (Å²) in [6, 6.07) is 22.8. The van der Waals surface area contributed by atoms with Gasteiger partial charge in [0.05, 0.1) is 30.5 Å². The normalized spacial score (nSPS) is 17.3. The van der Waals surface area contributed by atoms with Gasteiger partial charge in [0.1, 0.15) is 29.1 Å². The summed E-state index contributed by atoms with van der Waals surface area (Å²) in [6.07, 6.45) is 1.78. The molecule has 1 aliphatic rings. The monoisotopic (exact) mass is 505 g/mol. The molecule has 5 rings (SSSR count). The topological polar surface area (TPSA) is 59.8 Å². The summed E-state index contributed by atoms with van der Waals surface area (Å²) < 4.78 is 17.3. The zero-order valence-corrected chi connectivity index (χ0v) is 20.8. The van der Waals surface area contributed by atoms with Crippen molar-refractivity contribution in [1.29, 1.82) is 0 Å². The number of pyridine rings is 1. The molecule has 0 bridgehead atoms. The highest BCUT2D eigenvalue weighted by Gasteiger charge is 2.42. The highest BCUT2D eigenvalue weighted by atomic mass is 35.5. The Hall–Kier alpha value is -3.55. The van der Waals surface area contributed by atoms with Crippen molar-refractivity contribution in [3.8, 4) is 22.8 Å². The second kappa shape index (κ2) is 9.98. The molecule has 1 fully saturated rings. The smallest absolute Gasteiger partial charge is 0.174 e. The van der Waals surface area contributed by atoms with Crippen LogP contribution < -0.4 is 19.7 Å². The number of nitrogens with zero attached hydrogens (tertiary/aromatic N) is 2. The van der Waals surface area contributed by atoms with Gasteiger partial charge >= 0.3 is 0 Å². The molecule has 0 radical (unpaired) electrons. The lowest BCUT2D eigenvalue weighted by Gasteiger charge is -2.26. The number of hydrogen-bond donors (Lipinski definition) is 1. The first-order valence-corrected chi connectivity index (χ1v) is 12.0. The summed E-state index contributed by atoms with van der Waals surface area (Å²) in [4.78, 5) is 6.60. The first kappa shape index (κ1) is 23.2. The molecule has 4 aromatic rings. The number of methoxy groups -OCH3 is 1. The number of halogens is 1. The standard InChI is InChI=1S/C27H24ClN3O3S/c1-3-33-19-10-7-17(8-11-19)22-13-14-24(34-22)26-25(21-6-4-5-15-29-21)30-27(35)31(26)18-9-12-23(32-2)20(28)16-18/h4-16,25-26H,3H2,1-2H3,(H,30,35). The van der Waals surface area contributed by atoms with Gasteiger partial charge in [-0.2, -0.15) is 0 Å². The van der Waals surface area contributed by atoms with Crippen molar-refractivity contribution in [3.05, 3.63) is 95.5 Å². The van der Waals surface area contributed by atoms with E-state index in [1.54, 1.807) is 13.3 Å². The fraction of sp³-hybridized carbons (Fsp3) is 0.185. The van der Waals surface area contributed by atoms with Gasteiger partial charge in [-0.1, -0.05) is 17.7 Å². The van der Waals surface area contributed by atoms with E-state index < -0.39 is 0 Å². The van der Waals surface area contributed by atoms with Gasteiger partial charge in [-0.25, -0.2) is 0 Å². The Kier molecular flexibility index (Phi) is 6.61. The molecule has 6 nitrogen and oxygen atoms in total. The van der Waals surface area contributed by atoms with E-state index in [0.717, 1.165) is 34.2 Å². The van der Waals surface area contributed by atoms with Crippen LogP contribution in [-0.2, 0) is 0 Å². The Morgan fingerprint density at radius 2 is 1.91 bits per heavy atom. The number of anilines is 1. The summed E-state index contributed by atoms with van der Waals surface area (Å²) in [6.45, 7) is 2.59. The largest absolute Gasteiger partial charge is 0.495 e. The van der Waals surface area contributed by atoms with Crippen LogP contribution in [-0.4, -0.2) is 23.8 Å². The third-order valence-electron chi connectivity index (χ3n) is 5.88. The summed E-state index contributed by atoms with van der Waals surface area (Å²) in [5.74, 6) is 2.94. The molecule has 2 aromatic carbocycles. The van der Waals surface area contributed by atoms with E-state index in [1.807, 2.05) is 84.6 Å². The maximum Gasteiger partial charge on any atom is 0.174 e. The van der Waals surface area contributed by atoms with Crippen LogP contribution >= 0.6 is 23.8 Å². The van der Waals surface area contributed by atoms with Gasteiger partial charge in [-0.05, 0) is 85.9 Å². The van der Waals surface area contributed by atoms with Crippen molar-refractivity contribution in [3.63, 3.8) is 0 Å². The number of benzene rings is 2. The van der Waals surface area contributed by atoms with Crippen molar-refractivity contribution < 1.29 is 13.9 Å². The number of nitrogens with one attached hydrogen (secondary N) is 1. The molecule has 1 aliphatic heterocycles. The van der Waals surface area contributed by atoms with E-state index in [0.29, 0.717) is 22.5 Å². The Morgan fingerprint density at radius 3 is 2.60 bits per heavy atom. The van der Waals surface area contributed by atoms with E-state index in [9.17, 15) is 0 Å². The summed E-state index contributed by atoms with van der Waals surface area (Å²) >= 11 is 12.2. The average molecular weight is 506 g/mol.